The SMILES string of the molecule is O=C(Cc1ccccc1F)N(Cc1ccc(F)cc1F)C1CC1. The summed E-state index contributed by atoms with van der Waals surface area (Å²) in [6, 6.07) is 9.49. The first-order chi connectivity index (χ1) is 11.0. The van der Waals surface area contributed by atoms with Gasteiger partial charge >= 0.3 is 0 Å². The second-order valence-electron chi connectivity index (χ2n) is 5.76. The molecule has 1 aliphatic carbocycles. The third kappa shape index (κ3) is 3.73. The van der Waals surface area contributed by atoms with Crippen molar-refractivity contribution < 1.29 is 18.0 Å². The van der Waals surface area contributed by atoms with E-state index in [9.17, 15) is 18.0 Å². The average Bonchev–Trinajstić information content (AvgIpc) is 3.33. The van der Waals surface area contributed by atoms with Crippen molar-refractivity contribution in [3.05, 3.63) is 71.0 Å². The molecule has 0 aromatic heterocycles. The minimum absolute atomic E-state index is 0.0544. The molecule has 2 aromatic carbocycles. The lowest BCUT2D eigenvalue weighted by Gasteiger charge is -2.23. The van der Waals surface area contributed by atoms with Crippen molar-refractivity contribution in [2.45, 2.75) is 31.8 Å². The summed E-state index contributed by atoms with van der Waals surface area (Å²) >= 11 is 0. The Balaban J connectivity index is 1.76. The van der Waals surface area contributed by atoms with Gasteiger partial charge in [-0.1, -0.05) is 24.3 Å². The zero-order valence-electron chi connectivity index (χ0n) is 12.4. The van der Waals surface area contributed by atoms with Gasteiger partial charge in [0.1, 0.15) is 17.5 Å². The molecule has 5 heteroatoms. The summed E-state index contributed by atoms with van der Waals surface area (Å²) in [7, 11) is 0. The van der Waals surface area contributed by atoms with E-state index >= 15 is 0 Å². The van der Waals surface area contributed by atoms with E-state index in [2.05, 4.69) is 0 Å². The van der Waals surface area contributed by atoms with Gasteiger partial charge in [-0.05, 0) is 30.5 Å². The molecule has 0 aliphatic heterocycles. The number of benzene rings is 2. The fourth-order valence-corrected chi connectivity index (χ4v) is 2.55. The minimum Gasteiger partial charge on any atom is -0.335 e. The van der Waals surface area contributed by atoms with E-state index in [-0.39, 0.29) is 30.5 Å². The van der Waals surface area contributed by atoms with Crippen molar-refractivity contribution in [3.8, 4) is 0 Å². The highest BCUT2D eigenvalue weighted by Gasteiger charge is 2.33. The lowest BCUT2D eigenvalue weighted by Crippen LogP contribution is -2.34. The quantitative estimate of drug-likeness (QED) is 0.820. The Morgan fingerprint density at radius 1 is 1.00 bits per heavy atom. The second kappa shape index (κ2) is 6.44. The van der Waals surface area contributed by atoms with Crippen molar-refractivity contribution in [2.24, 2.45) is 0 Å². The zero-order valence-corrected chi connectivity index (χ0v) is 12.4. The smallest absolute Gasteiger partial charge is 0.227 e. The molecule has 0 bridgehead atoms. The number of hydrogen-bond donors (Lipinski definition) is 0. The third-order valence-corrected chi connectivity index (χ3v) is 3.96. The molecular weight excluding hydrogens is 303 g/mol. The predicted octanol–water partition coefficient (Wildman–Crippen LogP) is 3.84. The van der Waals surface area contributed by atoms with Crippen LogP contribution in [0.4, 0.5) is 13.2 Å². The Morgan fingerprint density at radius 3 is 2.39 bits per heavy atom. The lowest BCUT2D eigenvalue weighted by molar-refractivity contribution is -0.131. The first kappa shape index (κ1) is 15.6. The summed E-state index contributed by atoms with van der Waals surface area (Å²) in [5.74, 6) is -2.00. The molecule has 0 spiro atoms. The molecule has 0 heterocycles. The van der Waals surface area contributed by atoms with Crippen molar-refractivity contribution in [1.29, 1.82) is 0 Å². The van der Waals surface area contributed by atoms with Crippen molar-refractivity contribution >= 4 is 5.91 Å². The van der Waals surface area contributed by atoms with Crippen molar-refractivity contribution in [2.75, 3.05) is 0 Å². The standard InChI is InChI=1S/C18H16F3NO/c19-14-6-5-13(17(21)10-14)11-22(15-7-8-15)18(23)9-12-3-1-2-4-16(12)20/h1-6,10,15H,7-9,11H2. The van der Waals surface area contributed by atoms with Crippen LogP contribution in [0.1, 0.15) is 24.0 Å². The molecule has 1 saturated carbocycles. The van der Waals surface area contributed by atoms with E-state index < -0.39 is 17.5 Å². The van der Waals surface area contributed by atoms with Gasteiger partial charge < -0.3 is 4.90 Å². The Morgan fingerprint density at radius 2 is 1.74 bits per heavy atom. The van der Waals surface area contributed by atoms with E-state index in [0.717, 1.165) is 18.9 Å². The van der Waals surface area contributed by atoms with Crippen molar-refractivity contribution in [1.82, 2.24) is 4.90 Å². The highest BCUT2D eigenvalue weighted by molar-refractivity contribution is 5.79. The van der Waals surface area contributed by atoms with E-state index in [0.29, 0.717) is 5.56 Å². The van der Waals surface area contributed by atoms with Gasteiger partial charge in [-0.25, -0.2) is 13.2 Å². The Kier molecular flexibility index (Phi) is 4.37. The minimum atomic E-state index is -0.672. The summed E-state index contributed by atoms with van der Waals surface area (Å²) in [6.45, 7) is 0.0735. The number of amides is 1. The number of carbonyl (C=O) groups is 1. The molecule has 0 saturated heterocycles. The van der Waals surface area contributed by atoms with Gasteiger partial charge in [0, 0.05) is 24.2 Å². The number of rotatable bonds is 5. The highest BCUT2D eigenvalue weighted by Crippen LogP contribution is 2.29. The first-order valence-corrected chi connectivity index (χ1v) is 7.51. The molecule has 1 fully saturated rings. The molecule has 0 N–H and O–H groups in total. The summed E-state index contributed by atoms with van der Waals surface area (Å²) in [6.07, 6.45) is 1.64. The van der Waals surface area contributed by atoms with Gasteiger partial charge in [0.25, 0.3) is 0 Å². The van der Waals surface area contributed by atoms with E-state index in [4.69, 9.17) is 0 Å². The van der Waals surface area contributed by atoms with Crippen LogP contribution in [0.2, 0.25) is 0 Å². The first-order valence-electron chi connectivity index (χ1n) is 7.51. The molecule has 2 nitrogen and oxygen atoms in total. The van der Waals surface area contributed by atoms with Crippen LogP contribution in [-0.4, -0.2) is 16.8 Å². The maximum Gasteiger partial charge on any atom is 0.227 e. The second-order valence-corrected chi connectivity index (χ2v) is 5.76. The zero-order chi connectivity index (χ0) is 16.4. The fourth-order valence-electron chi connectivity index (χ4n) is 2.55. The van der Waals surface area contributed by atoms with Crippen LogP contribution in [0.25, 0.3) is 0 Å². The maximum absolute atomic E-state index is 13.8. The van der Waals surface area contributed by atoms with Gasteiger partial charge in [0.05, 0.1) is 6.42 Å². The molecule has 0 radical (unpaired) electrons. The van der Waals surface area contributed by atoms with Gasteiger partial charge in [0.15, 0.2) is 0 Å². The molecule has 3 rings (SSSR count). The monoisotopic (exact) mass is 319 g/mol. The van der Waals surface area contributed by atoms with Crippen LogP contribution in [0, 0.1) is 17.5 Å². The van der Waals surface area contributed by atoms with Crippen LogP contribution < -0.4 is 0 Å². The topological polar surface area (TPSA) is 20.3 Å². The molecule has 1 aliphatic rings. The lowest BCUT2D eigenvalue weighted by atomic mass is 10.1. The molecule has 0 unspecified atom stereocenters. The summed E-state index contributed by atoms with van der Waals surface area (Å²) in [5.41, 5.74) is 0.586. The van der Waals surface area contributed by atoms with Gasteiger partial charge in [-0.2, -0.15) is 0 Å². The number of hydrogen-bond acceptors (Lipinski definition) is 1. The predicted molar refractivity (Wildman–Crippen MR) is 80.0 cm³/mol. The summed E-state index contributed by atoms with van der Waals surface area (Å²) in [4.78, 5) is 14.0. The molecule has 23 heavy (non-hydrogen) atoms. The van der Waals surface area contributed by atoms with Crippen LogP contribution in [0.5, 0.6) is 0 Å². The Hall–Kier alpha value is -2.30. The Labute approximate surface area is 132 Å². The third-order valence-electron chi connectivity index (χ3n) is 3.96. The van der Waals surface area contributed by atoms with E-state index in [1.165, 1.54) is 18.2 Å². The fraction of sp³-hybridized carbons (Fsp3) is 0.278. The van der Waals surface area contributed by atoms with Crippen molar-refractivity contribution in [3.63, 3.8) is 0 Å². The van der Waals surface area contributed by atoms with Crippen LogP contribution in [-0.2, 0) is 17.8 Å². The van der Waals surface area contributed by atoms with E-state index in [1.54, 1.807) is 23.1 Å². The van der Waals surface area contributed by atoms with Gasteiger partial charge in [-0.3, -0.25) is 4.79 Å². The average molecular weight is 319 g/mol. The van der Waals surface area contributed by atoms with Gasteiger partial charge in [-0.15, -0.1) is 0 Å². The van der Waals surface area contributed by atoms with Gasteiger partial charge in [0.2, 0.25) is 5.91 Å². The number of halogens is 3. The number of carbonyl (C=O) groups excluding carboxylic acids is 1. The van der Waals surface area contributed by atoms with E-state index in [1.807, 2.05) is 0 Å². The van der Waals surface area contributed by atoms with Crippen LogP contribution in [0.3, 0.4) is 0 Å². The normalized spacial score (nSPS) is 13.9. The maximum atomic E-state index is 13.8. The molecule has 0 atom stereocenters. The summed E-state index contributed by atoms with van der Waals surface area (Å²) in [5, 5.41) is 0. The van der Waals surface area contributed by atoms with Crippen LogP contribution in [0.15, 0.2) is 42.5 Å². The summed E-state index contributed by atoms with van der Waals surface area (Å²) < 4.78 is 40.5. The highest BCUT2D eigenvalue weighted by atomic mass is 19.1. The molecule has 120 valence electrons. The molecule has 2 aromatic rings. The van der Waals surface area contributed by atoms with Crippen LogP contribution >= 0.6 is 0 Å². The largest absolute Gasteiger partial charge is 0.335 e. The molecule has 1 amide bonds. The Bertz CT molecular complexity index is 728. The molecular formula is C18H16F3NO. The number of nitrogens with zero attached hydrogens (tertiary/aromatic N) is 1.